The van der Waals surface area contributed by atoms with Gasteiger partial charge < -0.3 is 10.0 Å². The molecule has 5 nitrogen and oxygen atoms in total. The van der Waals surface area contributed by atoms with Gasteiger partial charge in [-0.15, -0.1) is 0 Å². The Hall–Kier alpha value is -2.09. The molecular formula is C24H29F3N2O3. The third kappa shape index (κ3) is 3.33. The highest BCUT2D eigenvalue weighted by atomic mass is 19.4. The Balaban J connectivity index is 1.36. The van der Waals surface area contributed by atoms with Gasteiger partial charge >= 0.3 is 12.1 Å². The van der Waals surface area contributed by atoms with E-state index in [2.05, 4.69) is 11.8 Å². The number of hydrogen-bond acceptors (Lipinski definition) is 3. The van der Waals surface area contributed by atoms with Gasteiger partial charge in [0.1, 0.15) is 0 Å². The molecule has 3 aliphatic heterocycles. The van der Waals surface area contributed by atoms with Crippen LogP contribution in [0, 0.1) is 17.3 Å². The number of rotatable bonds is 2. The number of carboxylic acid groups (broad SMARTS) is 1. The van der Waals surface area contributed by atoms with E-state index in [0.29, 0.717) is 24.9 Å². The summed E-state index contributed by atoms with van der Waals surface area (Å²) in [6, 6.07) is 4.13. The lowest BCUT2D eigenvalue weighted by Gasteiger charge is -2.36. The first kappa shape index (κ1) is 21.7. The maximum Gasteiger partial charge on any atom is 0.416 e. The first-order valence-corrected chi connectivity index (χ1v) is 11.6. The third-order valence-electron chi connectivity index (χ3n) is 8.68. The molecule has 0 radical (unpaired) electrons. The van der Waals surface area contributed by atoms with Crippen LogP contribution in [0.3, 0.4) is 0 Å². The third-order valence-corrected chi connectivity index (χ3v) is 8.68. The molecular weight excluding hydrogens is 421 g/mol. The summed E-state index contributed by atoms with van der Waals surface area (Å²) in [7, 11) is 0. The van der Waals surface area contributed by atoms with Gasteiger partial charge in [0.15, 0.2) is 0 Å². The Bertz CT molecular complexity index is 949. The minimum absolute atomic E-state index is 0.0126. The minimum Gasteiger partial charge on any atom is -0.481 e. The van der Waals surface area contributed by atoms with Crippen molar-refractivity contribution in [3.05, 3.63) is 34.9 Å². The number of fused-ring (bicyclic) bond motifs is 2. The highest BCUT2D eigenvalue weighted by Crippen LogP contribution is 2.55. The number of carbonyl (C=O) groups is 2. The van der Waals surface area contributed by atoms with E-state index in [9.17, 15) is 27.9 Å². The Morgan fingerprint density at radius 3 is 2.72 bits per heavy atom. The molecule has 1 aromatic carbocycles. The zero-order chi connectivity index (χ0) is 22.8. The molecule has 32 heavy (non-hydrogen) atoms. The summed E-state index contributed by atoms with van der Waals surface area (Å²) in [6.07, 6.45) is 0.115. The van der Waals surface area contributed by atoms with Gasteiger partial charge in [0, 0.05) is 25.2 Å². The smallest absolute Gasteiger partial charge is 0.416 e. The highest BCUT2D eigenvalue weighted by Gasteiger charge is 2.60. The molecule has 3 heterocycles. The van der Waals surface area contributed by atoms with E-state index < -0.39 is 23.1 Å². The molecule has 5 atom stereocenters. The van der Waals surface area contributed by atoms with Crippen LogP contribution in [0.1, 0.15) is 55.7 Å². The number of likely N-dealkylation sites (tertiary alicyclic amines) is 1. The molecule has 0 aromatic heterocycles. The van der Waals surface area contributed by atoms with Crippen molar-refractivity contribution >= 4 is 11.9 Å². The average molecular weight is 451 g/mol. The standard InChI is InChI=1S/C24H29F3N2O3/c1-14-20-10-15-4-5-18(24(25,26)27)9-17(15)13-29(20)22(32)23(14)7-6-19(11-23)28-8-2-3-16(12-28)21(30)31/h4-5,9,14,16,19-20H,2-3,6-8,10-13H2,1H3,(H,30,31). The number of amides is 1. The molecule has 1 amide bonds. The minimum atomic E-state index is -4.39. The summed E-state index contributed by atoms with van der Waals surface area (Å²) < 4.78 is 39.5. The number of carbonyl (C=O) groups excluding carboxylic acids is 1. The van der Waals surface area contributed by atoms with E-state index in [-0.39, 0.29) is 36.4 Å². The van der Waals surface area contributed by atoms with Crippen molar-refractivity contribution in [1.82, 2.24) is 9.80 Å². The lowest BCUT2D eigenvalue weighted by atomic mass is 9.73. The number of halogens is 3. The van der Waals surface area contributed by atoms with Gasteiger partial charge in [0.25, 0.3) is 0 Å². The first-order valence-electron chi connectivity index (χ1n) is 11.6. The summed E-state index contributed by atoms with van der Waals surface area (Å²) >= 11 is 0. The van der Waals surface area contributed by atoms with Gasteiger partial charge in [0.2, 0.25) is 5.91 Å². The Morgan fingerprint density at radius 2 is 2.00 bits per heavy atom. The van der Waals surface area contributed by atoms with Crippen LogP contribution < -0.4 is 0 Å². The second-order valence-corrected chi connectivity index (χ2v) is 10.2. The fourth-order valence-electron chi connectivity index (χ4n) is 6.81. The predicted molar refractivity (Wildman–Crippen MR) is 111 cm³/mol. The number of benzene rings is 1. The van der Waals surface area contributed by atoms with E-state index in [4.69, 9.17) is 0 Å². The number of hydrogen-bond donors (Lipinski definition) is 1. The van der Waals surface area contributed by atoms with Crippen LogP contribution >= 0.6 is 0 Å². The topological polar surface area (TPSA) is 60.9 Å². The van der Waals surface area contributed by atoms with Gasteiger partial charge in [-0.25, -0.2) is 0 Å². The van der Waals surface area contributed by atoms with E-state index in [1.807, 2.05) is 4.90 Å². The zero-order valence-electron chi connectivity index (χ0n) is 18.2. The number of piperidine rings is 1. The molecule has 1 N–H and O–H groups in total. The van der Waals surface area contributed by atoms with Crippen molar-refractivity contribution in [3.8, 4) is 0 Å². The summed E-state index contributed by atoms with van der Waals surface area (Å²) in [6.45, 7) is 3.77. The van der Waals surface area contributed by atoms with E-state index in [1.165, 1.54) is 6.07 Å². The Labute approximate surface area is 185 Å². The predicted octanol–water partition coefficient (Wildman–Crippen LogP) is 3.94. The number of nitrogens with zero attached hydrogens (tertiary/aromatic N) is 2. The first-order chi connectivity index (χ1) is 15.1. The Morgan fingerprint density at radius 1 is 1.22 bits per heavy atom. The van der Waals surface area contributed by atoms with E-state index in [0.717, 1.165) is 43.9 Å². The number of alkyl halides is 3. The summed E-state index contributed by atoms with van der Waals surface area (Å²) in [5.41, 5.74) is 0.359. The maximum atomic E-state index is 13.7. The van der Waals surface area contributed by atoms with Crippen LogP contribution in [0.5, 0.6) is 0 Å². The van der Waals surface area contributed by atoms with E-state index in [1.54, 1.807) is 6.07 Å². The van der Waals surface area contributed by atoms with Crippen molar-refractivity contribution in [2.45, 2.75) is 70.3 Å². The molecule has 2 saturated heterocycles. The van der Waals surface area contributed by atoms with Crippen LogP contribution in [0.25, 0.3) is 0 Å². The van der Waals surface area contributed by atoms with Crippen LogP contribution in [0.2, 0.25) is 0 Å². The molecule has 5 rings (SSSR count). The molecule has 4 aliphatic rings. The maximum absolute atomic E-state index is 13.7. The number of aliphatic carboxylic acids is 1. The SMILES string of the molecule is CC1C2Cc3ccc(C(F)(F)F)cc3CN2C(=O)C12CCC(N1CCCC(C(=O)O)C1)C2. The molecule has 5 unspecified atom stereocenters. The van der Waals surface area contributed by atoms with Crippen molar-refractivity contribution in [2.75, 3.05) is 13.1 Å². The van der Waals surface area contributed by atoms with Crippen LogP contribution in [0.4, 0.5) is 13.2 Å². The van der Waals surface area contributed by atoms with Gasteiger partial charge in [-0.1, -0.05) is 13.0 Å². The largest absolute Gasteiger partial charge is 0.481 e. The monoisotopic (exact) mass is 450 g/mol. The molecule has 8 heteroatoms. The molecule has 1 spiro atoms. The van der Waals surface area contributed by atoms with E-state index >= 15 is 0 Å². The van der Waals surface area contributed by atoms with Crippen molar-refractivity contribution in [3.63, 3.8) is 0 Å². The second kappa shape index (κ2) is 7.47. The lowest BCUT2D eigenvalue weighted by molar-refractivity contribution is -0.144. The lowest BCUT2D eigenvalue weighted by Crippen LogP contribution is -2.45. The molecule has 1 aliphatic carbocycles. The molecule has 1 aromatic rings. The molecule has 3 fully saturated rings. The van der Waals surface area contributed by atoms with Gasteiger partial charge in [0.05, 0.1) is 16.9 Å². The van der Waals surface area contributed by atoms with Crippen LogP contribution in [0.15, 0.2) is 18.2 Å². The van der Waals surface area contributed by atoms with Crippen molar-refractivity contribution < 1.29 is 27.9 Å². The van der Waals surface area contributed by atoms with Crippen molar-refractivity contribution in [2.24, 2.45) is 17.3 Å². The molecule has 174 valence electrons. The average Bonchev–Trinajstić information content (AvgIpc) is 3.29. The fourth-order valence-corrected chi connectivity index (χ4v) is 6.81. The zero-order valence-corrected chi connectivity index (χ0v) is 18.2. The quantitative estimate of drug-likeness (QED) is 0.742. The van der Waals surface area contributed by atoms with Gasteiger partial charge in [-0.2, -0.15) is 13.2 Å². The van der Waals surface area contributed by atoms with Crippen LogP contribution in [-0.2, 0) is 28.7 Å². The van der Waals surface area contributed by atoms with Crippen LogP contribution in [-0.4, -0.2) is 52.0 Å². The Kier molecular flexibility index (Phi) is 5.07. The fraction of sp³-hybridized carbons (Fsp3) is 0.667. The summed E-state index contributed by atoms with van der Waals surface area (Å²) in [5, 5.41) is 9.43. The second-order valence-electron chi connectivity index (χ2n) is 10.2. The van der Waals surface area contributed by atoms with Gasteiger partial charge in [-0.3, -0.25) is 14.5 Å². The summed E-state index contributed by atoms with van der Waals surface area (Å²) in [5.74, 6) is -0.899. The highest BCUT2D eigenvalue weighted by molar-refractivity contribution is 5.87. The summed E-state index contributed by atoms with van der Waals surface area (Å²) in [4.78, 5) is 29.2. The van der Waals surface area contributed by atoms with Gasteiger partial charge in [-0.05, 0) is 74.2 Å². The normalized spacial score (nSPS) is 35.2. The van der Waals surface area contributed by atoms with Crippen molar-refractivity contribution in [1.29, 1.82) is 0 Å². The number of carboxylic acids is 1. The molecule has 0 bridgehead atoms. The molecule has 1 saturated carbocycles.